The first-order valence-corrected chi connectivity index (χ1v) is 8.34. The summed E-state index contributed by atoms with van der Waals surface area (Å²) >= 11 is 0. The number of nitrogens with zero attached hydrogens (tertiary/aromatic N) is 3. The number of aryl methyl sites for hydroxylation is 2. The lowest BCUT2D eigenvalue weighted by atomic mass is 10.1. The maximum absolute atomic E-state index is 12.1. The average Bonchev–Trinajstić information content (AvgIpc) is 2.80. The molecule has 0 aliphatic heterocycles. The van der Waals surface area contributed by atoms with Crippen molar-refractivity contribution in [3.63, 3.8) is 0 Å². The van der Waals surface area contributed by atoms with Gasteiger partial charge in [-0.15, -0.1) is 0 Å². The third kappa shape index (κ3) is 4.57. The second kappa shape index (κ2) is 7.80. The summed E-state index contributed by atoms with van der Waals surface area (Å²) in [6.45, 7) is 10.3. The van der Waals surface area contributed by atoms with E-state index in [2.05, 4.69) is 41.6 Å². The molecule has 25 heavy (non-hydrogen) atoms. The molecule has 0 unspecified atom stereocenters. The smallest absolute Gasteiger partial charge is 0.262 e. The SMILES string of the molecule is Cc1ccc(Cn2nc(C)c(/C=C(\C#N)C(=O)NC(C)C)c2C)cc1. The van der Waals surface area contributed by atoms with Gasteiger partial charge in [0.25, 0.3) is 5.91 Å². The molecule has 0 saturated heterocycles. The predicted molar refractivity (Wildman–Crippen MR) is 98.9 cm³/mol. The molecule has 0 aliphatic carbocycles. The maximum atomic E-state index is 12.1. The fraction of sp³-hybridized carbons (Fsp3) is 0.350. The highest BCUT2D eigenvalue weighted by molar-refractivity contribution is 6.02. The molecule has 1 N–H and O–H groups in total. The number of aromatic nitrogens is 2. The van der Waals surface area contributed by atoms with Crippen LogP contribution < -0.4 is 5.32 Å². The van der Waals surface area contributed by atoms with Crippen LogP contribution in [0.25, 0.3) is 6.08 Å². The second-order valence-corrected chi connectivity index (χ2v) is 6.53. The van der Waals surface area contributed by atoms with Crippen molar-refractivity contribution in [3.05, 3.63) is 57.9 Å². The first kappa shape index (κ1) is 18.5. The number of amides is 1. The van der Waals surface area contributed by atoms with Crippen molar-refractivity contribution in [2.24, 2.45) is 0 Å². The van der Waals surface area contributed by atoms with Crippen molar-refractivity contribution in [2.75, 3.05) is 0 Å². The molecule has 1 amide bonds. The van der Waals surface area contributed by atoms with Crippen LogP contribution in [-0.2, 0) is 11.3 Å². The summed E-state index contributed by atoms with van der Waals surface area (Å²) in [5, 5.41) is 16.6. The zero-order valence-electron chi connectivity index (χ0n) is 15.4. The Hall–Kier alpha value is -2.87. The zero-order valence-corrected chi connectivity index (χ0v) is 15.4. The fourth-order valence-corrected chi connectivity index (χ4v) is 2.57. The average molecular weight is 336 g/mol. The third-order valence-corrected chi connectivity index (χ3v) is 3.96. The topological polar surface area (TPSA) is 70.7 Å². The molecule has 0 radical (unpaired) electrons. The van der Waals surface area contributed by atoms with Crippen molar-refractivity contribution >= 4 is 12.0 Å². The van der Waals surface area contributed by atoms with E-state index in [0.717, 1.165) is 22.5 Å². The molecule has 130 valence electrons. The van der Waals surface area contributed by atoms with Crippen LogP contribution in [-0.4, -0.2) is 21.7 Å². The van der Waals surface area contributed by atoms with Gasteiger partial charge in [0.1, 0.15) is 11.6 Å². The van der Waals surface area contributed by atoms with Gasteiger partial charge >= 0.3 is 0 Å². The lowest BCUT2D eigenvalue weighted by Gasteiger charge is -2.07. The van der Waals surface area contributed by atoms with Gasteiger partial charge in [-0.05, 0) is 46.3 Å². The van der Waals surface area contributed by atoms with Crippen molar-refractivity contribution in [2.45, 2.75) is 47.2 Å². The number of nitriles is 1. The number of rotatable bonds is 5. The fourth-order valence-electron chi connectivity index (χ4n) is 2.57. The first-order valence-electron chi connectivity index (χ1n) is 8.34. The monoisotopic (exact) mass is 336 g/mol. The number of benzene rings is 1. The van der Waals surface area contributed by atoms with Crippen molar-refractivity contribution < 1.29 is 4.79 Å². The molecular formula is C20H24N4O. The van der Waals surface area contributed by atoms with Gasteiger partial charge in [0.05, 0.1) is 12.2 Å². The van der Waals surface area contributed by atoms with E-state index in [9.17, 15) is 10.1 Å². The summed E-state index contributed by atoms with van der Waals surface area (Å²) in [5.41, 5.74) is 5.02. The van der Waals surface area contributed by atoms with E-state index >= 15 is 0 Å². The number of nitrogens with one attached hydrogen (secondary N) is 1. The third-order valence-electron chi connectivity index (χ3n) is 3.96. The van der Waals surface area contributed by atoms with Gasteiger partial charge < -0.3 is 5.32 Å². The maximum Gasteiger partial charge on any atom is 0.262 e. The molecule has 5 nitrogen and oxygen atoms in total. The molecule has 2 rings (SSSR count). The van der Waals surface area contributed by atoms with Gasteiger partial charge in [-0.1, -0.05) is 29.8 Å². The van der Waals surface area contributed by atoms with E-state index in [-0.39, 0.29) is 17.5 Å². The lowest BCUT2D eigenvalue weighted by Crippen LogP contribution is -2.30. The minimum absolute atomic E-state index is 0.0179. The number of carbonyl (C=O) groups excluding carboxylic acids is 1. The molecule has 2 aromatic rings. The van der Waals surface area contributed by atoms with Crippen molar-refractivity contribution in [1.82, 2.24) is 15.1 Å². The highest BCUT2D eigenvalue weighted by Crippen LogP contribution is 2.18. The molecule has 0 fully saturated rings. The van der Waals surface area contributed by atoms with Crippen molar-refractivity contribution in [3.8, 4) is 6.07 Å². The summed E-state index contributed by atoms with van der Waals surface area (Å²) < 4.78 is 1.90. The summed E-state index contributed by atoms with van der Waals surface area (Å²) in [6, 6.07) is 10.3. The van der Waals surface area contributed by atoms with Crippen LogP contribution in [0.5, 0.6) is 0 Å². The standard InChI is InChI=1S/C20H24N4O/c1-13(2)22-20(25)18(11-21)10-19-15(4)23-24(16(19)5)12-17-8-6-14(3)7-9-17/h6-10,13H,12H2,1-5H3,(H,22,25)/b18-10+. The molecule has 0 saturated carbocycles. The Kier molecular flexibility index (Phi) is 5.76. The van der Waals surface area contributed by atoms with E-state index in [1.807, 2.05) is 38.4 Å². The zero-order chi connectivity index (χ0) is 18.6. The van der Waals surface area contributed by atoms with E-state index in [0.29, 0.717) is 6.54 Å². The Morgan fingerprint density at radius 2 is 1.92 bits per heavy atom. The Morgan fingerprint density at radius 3 is 2.48 bits per heavy atom. The van der Waals surface area contributed by atoms with Crippen LogP contribution in [0.4, 0.5) is 0 Å². The van der Waals surface area contributed by atoms with Gasteiger partial charge in [-0.25, -0.2) is 0 Å². The van der Waals surface area contributed by atoms with Gasteiger partial charge in [0, 0.05) is 17.3 Å². The van der Waals surface area contributed by atoms with Crippen LogP contribution in [0.15, 0.2) is 29.8 Å². The molecule has 0 atom stereocenters. The number of hydrogen-bond acceptors (Lipinski definition) is 3. The molecule has 1 heterocycles. The van der Waals surface area contributed by atoms with Gasteiger partial charge in [0.2, 0.25) is 0 Å². The Labute approximate surface area is 149 Å². The van der Waals surface area contributed by atoms with Gasteiger partial charge in [-0.3, -0.25) is 9.48 Å². The minimum Gasteiger partial charge on any atom is -0.349 e. The molecule has 0 bridgehead atoms. The van der Waals surface area contributed by atoms with Gasteiger partial charge in [0.15, 0.2) is 0 Å². The highest BCUT2D eigenvalue weighted by atomic mass is 16.1. The Morgan fingerprint density at radius 1 is 1.28 bits per heavy atom. The van der Waals surface area contributed by atoms with E-state index in [4.69, 9.17) is 0 Å². The summed E-state index contributed by atoms with van der Waals surface area (Å²) in [4.78, 5) is 12.1. The highest BCUT2D eigenvalue weighted by Gasteiger charge is 2.15. The summed E-state index contributed by atoms with van der Waals surface area (Å²) in [6.07, 6.45) is 1.63. The van der Waals surface area contributed by atoms with E-state index in [1.54, 1.807) is 6.08 Å². The molecule has 1 aromatic carbocycles. The van der Waals surface area contributed by atoms with Crippen molar-refractivity contribution in [1.29, 1.82) is 5.26 Å². The quantitative estimate of drug-likeness (QED) is 0.673. The normalized spacial score (nSPS) is 11.5. The Balaban J connectivity index is 2.32. The van der Waals surface area contributed by atoms with Gasteiger partial charge in [-0.2, -0.15) is 10.4 Å². The molecule has 0 spiro atoms. The largest absolute Gasteiger partial charge is 0.349 e. The molecular weight excluding hydrogens is 312 g/mol. The number of hydrogen-bond donors (Lipinski definition) is 1. The second-order valence-electron chi connectivity index (χ2n) is 6.53. The molecule has 1 aromatic heterocycles. The van der Waals surface area contributed by atoms with Crippen LogP contribution in [0.3, 0.4) is 0 Å². The van der Waals surface area contributed by atoms with Crippen LogP contribution in [0, 0.1) is 32.1 Å². The van der Waals surface area contributed by atoms with E-state index < -0.39 is 0 Å². The summed E-state index contributed by atoms with van der Waals surface area (Å²) in [5.74, 6) is -0.359. The lowest BCUT2D eigenvalue weighted by molar-refractivity contribution is -0.117. The van der Waals surface area contributed by atoms with E-state index in [1.165, 1.54) is 5.56 Å². The van der Waals surface area contributed by atoms with Crippen LogP contribution in [0.1, 0.15) is 41.9 Å². The van der Waals surface area contributed by atoms with Crippen LogP contribution >= 0.6 is 0 Å². The molecule has 5 heteroatoms. The van der Waals surface area contributed by atoms with Crippen LogP contribution in [0.2, 0.25) is 0 Å². The Bertz CT molecular complexity index is 836. The predicted octanol–water partition coefficient (Wildman–Crippen LogP) is 3.29. The molecule has 0 aliphatic rings. The summed E-state index contributed by atoms with van der Waals surface area (Å²) in [7, 11) is 0. The first-order chi connectivity index (χ1) is 11.8. The minimum atomic E-state index is -0.359. The number of carbonyl (C=O) groups is 1.